The first-order chi connectivity index (χ1) is 7.66. The highest BCUT2D eigenvalue weighted by atomic mass is 14.3. The van der Waals surface area contributed by atoms with E-state index in [0.717, 1.165) is 0 Å². The van der Waals surface area contributed by atoms with Crippen LogP contribution in [-0.2, 0) is 0 Å². The summed E-state index contributed by atoms with van der Waals surface area (Å²) < 4.78 is 0. The molecular weight excluding hydrogens is 191 g/mol. The number of hydrogen-bond donors (Lipinski definition) is 0. The zero-order chi connectivity index (χ0) is 11.3. The Balaban J connectivity index is 2.31. The minimum absolute atomic E-state index is 0.0468. The van der Waals surface area contributed by atoms with E-state index in [4.69, 9.17) is 7.85 Å². The predicted molar refractivity (Wildman–Crippen MR) is 68.9 cm³/mol. The molecule has 1 aliphatic carbocycles. The van der Waals surface area contributed by atoms with E-state index in [0.29, 0.717) is 0 Å². The number of fused-ring (bicyclic) bond motifs is 3. The third-order valence-corrected chi connectivity index (χ3v) is 3.38. The van der Waals surface area contributed by atoms with E-state index in [1.807, 2.05) is 0 Å². The molecule has 2 aromatic rings. The zero-order valence-corrected chi connectivity index (χ0v) is 9.62. The van der Waals surface area contributed by atoms with Crippen LogP contribution >= 0.6 is 0 Å². The molecule has 2 radical (unpaired) electrons. The molecule has 0 saturated heterocycles. The quantitative estimate of drug-likeness (QED) is 0.575. The van der Waals surface area contributed by atoms with Gasteiger partial charge in [-0.2, -0.15) is 0 Å². The lowest BCUT2D eigenvalue weighted by molar-refractivity contribution is 1.19. The van der Waals surface area contributed by atoms with Crippen molar-refractivity contribution in [2.24, 2.45) is 0 Å². The maximum absolute atomic E-state index is 6.28. The van der Waals surface area contributed by atoms with Gasteiger partial charge in [-0.15, -0.1) is 0 Å². The third kappa shape index (κ3) is 1.24. The van der Waals surface area contributed by atoms with E-state index >= 15 is 0 Å². The number of benzene rings is 2. The maximum atomic E-state index is 6.28. The Morgan fingerprint density at radius 3 is 2.31 bits per heavy atom. The van der Waals surface area contributed by atoms with Gasteiger partial charge in [-0.05, 0) is 41.9 Å². The second-order valence-electron chi connectivity index (χ2n) is 4.66. The van der Waals surface area contributed by atoms with Gasteiger partial charge in [0.15, 0.2) is 0 Å². The molecule has 0 fully saturated rings. The van der Waals surface area contributed by atoms with Crippen LogP contribution < -0.4 is 0 Å². The Morgan fingerprint density at radius 2 is 1.50 bits per heavy atom. The van der Waals surface area contributed by atoms with Gasteiger partial charge in [0.05, 0.1) is 7.85 Å². The van der Waals surface area contributed by atoms with E-state index in [9.17, 15) is 0 Å². The highest BCUT2D eigenvalue weighted by molar-refractivity contribution is 6.17. The van der Waals surface area contributed by atoms with Crippen molar-refractivity contribution in [2.45, 2.75) is 19.7 Å². The van der Waals surface area contributed by atoms with Crippen LogP contribution in [0.25, 0.3) is 11.1 Å². The molecular formula is C15H13B. The number of aryl methyl sites for hydroxylation is 2. The Morgan fingerprint density at radius 1 is 0.812 bits per heavy atom. The van der Waals surface area contributed by atoms with Crippen LogP contribution in [0.4, 0.5) is 0 Å². The average Bonchev–Trinajstić information content (AvgIpc) is 2.52. The molecule has 76 valence electrons. The summed E-state index contributed by atoms with van der Waals surface area (Å²) >= 11 is 0. The van der Waals surface area contributed by atoms with Crippen LogP contribution in [0.15, 0.2) is 36.4 Å². The molecule has 0 aromatic heterocycles. The van der Waals surface area contributed by atoms with E-state index in [-0.39, 0.29) is 5.82 Å². The summed E-state index contributed by atoms with van der Waals surface area (Å²) in [5, 5.41) is 0. The molecule has 1 heteroatoms. The summed E-state index contributed by atoms with van der Waals surface area (Å²) in [5.41, 5.74) is 7.70. The molecule has 2 aromatic carbocycles. The van der Waals surface area contributed by atoms with Crippen molar-refractivity contribution in [1.29, 1.82) is 0 Å². The molecule has 0 N–H and O–H groups in total. The van der Waals surface area contributed by atoms with E-state index in [2.05, 4.69) is 50.2 Å². The molecule has 0 amide bonds. The summed E-state index contributed by atoms with van der Waals surface area (Å²) in [6.45, 7) is 4.24. The molecule has 1 aliphatic rings. The fourth-order valence-corrected chi connectivity index (χ4v) is 2.53. The average molecular weight is 204 g/mol. The van der Waals surface area contributed by atoms with Crippen molar-refractivity contribution >= 4 is 7.85 Å². The lowest BCUT2D eigenvalue weighted by atomic mass is 9.79. The molecule has 0 aliphatic heterocycles. The lowest BCUT2D eigenvalue weighted by Gasteiger charge is -2.06. The summed E-state index contributed by atoms with van der Waals surface area (Å²) in [7, 11) is 6.28. The highest BCUT2D eigenvalue weighted by Gasteiger charge is 2.24. The lowest BCUT2D eigenvalue weighted by Crippen LogP contribution is -1.95. The van der Waals surface area contributed by atoms with Crippen LogP contribution in [-0.4, -0.2) is 7.85 Å². The number of rotatable bonds is 0. The van der Waals surface area contributed by atoms with Crippen molar-refractivity contribution in [1.82, 2.24) is 0 Å². The van der Waals surface area contributed by atoms with Crippen molar-refractivity contribution in [3.8, 4) is 11.1 Å². The molecule has 3 rings (SSSR count). The second kappa shape index (κ2) is 3.25. The molecule has 1 unspecified atom stereocenters. The van der Waals surface area contributed by atoms with Gasteiger partial charge in [-0.1, -0.05) is 47.5 Å². The Hall–Kier alpha value is -1.50. The first-order valence-corrected chi connectivity index (χ1v) is 5.64. The molecule has 0 bridgehead atoms. The molecule has 0 spiro atoms. The summed E-state index contributed by atoms with van der Waals surface area (Å²) in [5.74, 6) is 0.0468. The fraction of sp³-hybridized carbons (Fsp3) is 0.200. The predicted octanol–water partition coefficient (Wildman–Crippen LogP) is 3.54. The van der Waals surface area contributed by atoms with Gasteiger partial charge in [-0.25, -0.2) is 0 Å². The monoisotopic (exact) mass is 204 g/mol. The smallest absolute Gasteiger partial charge is 0.0590 e. The topological polar surface area (TPSA) is 0 Å². The van der Waals surface area contributed by atoms with Gasteiger partial charge in [0.1, 0.15) is 0 Å². The third-order valence-electron chi connectivity index (χ3n) is 3.38. The van der Waals surface area contributed by atoms with E-state index < -0.39 is 0 Å². The summed E-state index contributed by atoms with van der Waals surface area (Å²) in [4.78, 5) is 0. The second-order valence-corrected chi connectivity index (χ2v) is 4.66. The Bertz CT molecular complexity index is 570. The molecule has 0 nitrogen and oxygen atoms in total. The molecule has 0 saturated carbocycles. The fourth-order valence-electron chi connectivity index (χ4n) is 2.53. The van der Waals surface area contributed by atoms with Gasteiger partial charge < -0.3 is 0 Å². The maximum Gasteiger partial charge on any atom is 0.0828 e. The van der Waals surface area contributed by atoms with Crippen molar-refractivity contribution in [3.05, 3.63) is 58.7 Å². The van der Waals surface area contributed by atoms with Crippen LogP contribution in [0.2, 0.25) is 0 Å². The van der Waals surface area contributed by atoms with Crippen LogP contribution in [0, 0.1) is 13.8 Å². The first-order valence-electron chi connectivity index (χ1n) is 5.64. The number of hydrogen-bond acceptors (Lipinski definition) is 0. The van der Waals surface area contributed by atoms with Crippen LogP contribution in [0.1, 0.15) is 28.1 Å². The van der Waals surface area contributed by atoms with Gasteiger partial charge in [0, 0.05) is 0 Å². The Labute approximate surface area is 97.7 Å². The highest BCUT2D eigenvalue weighted by Crippen LogP contribution is 2.43. The summed E-state index contributed by atoms with van der Waals surface area (Å²) in [6, 6.07) is 13.1. The zero-order valence-electron chi connectivity index (χ0n) is 9.62. The first kappa shape index (κ1) is 9.71. The van der Waals surface area contributed by atoms with Crippen LogP contribution in [0.5, 0.6) is 0 Å². The van der Waals surface area contributed by atoms with Crippen molar-refractivity contribution in [2.75, 3.05) is 0 Å². The van der Waals surface area contributed by atoms with Gasteiger partial charge >= 0.3 is 0 Å². The molecule has 0 heterocycles. The summed E-state index contributed by atoms with van der Waals surface area (Å²) in [6.07, 6.45) is 0. The SMILES string of the molecule is [B]C1c2ccc(C)cc2-c2ccc(C)cc21. The molecule has 1 atom stereocenters. The van der Waals surface area contributed by atoms with Crippen molar-refractivity contribution in [3.63, 3.8) is 0 Å². The largest absolute Gasteiger partial charge is 0.0828 e. The Kier molecular flexibility index (Phi) is 1.97. The van der Waals surface area contributed by atoms with Crippen molar-refractivity contribution < 1.29 is 0 Å². The minimum atomic E-state index is 0.0468. The van der Waals surface area contributed by atoms with E-state index in [1.165, 1.54) is 33.4 Å². The standard InChI is InChI=1S/C15H13B/c1-9-4-6-12-13(7-9)11-5-3-10(2)8-14(11)15(12)16/h3-8,15H,1-2H3. The minimum Gasteiger partial charge on any atom is -0.0590 e. The normalized spacial score (nSPS) is 17.0. The van der Waals surface area contributed by atoms with Gasteiger partial charge in [0.2, 0.25) is 0 Å². The van der Waals surface area contributed by atoms with Gasteiger partial charge in [-0.3, -0.25) is 0 Å². The van der Waals surface area contributed by atoms with E-state index in [1.54, 1.807) is 0 Å². The molecule has 16 heavy (non-hydrogen) atoms. The van der Waals surface area contributed by atoms with Gasteiger partial charge in [0.25, 0.3) is 0 Å². The van der Waals surface area contributed by atoms with Crippen LogP contribution in [0.3, 0.4) is 0 Å².